The zero-order valence-electron chi connectivity index (χ0n) is 13.6. The van der Waals surface area contributed by atoms with Gasteiger partial charge in [0.25, 0.3) is 11.6 Å². The van der Waals surface area contributed by atoms with Crippen molar-refractivity contribution in [1.29, 1.82) is 0 Å². The normalized spacial score (nSPS) is 10.2. The van der Waals surface area contributed by atoms with Gasteiger partial charge in [-0.15, -0.1) is 0 Å². The van der Waals surface area contributed by atoms with Gasteiger partial charge in [-0.1, -0.05) is 34.1 Å². The maximum atomic E-state index is 12.6. The van der Waals surface area contributed by atoms with Crippen LogP contribution in [0.5, 0.6) is 0 Å². The molecule has 8 heteroatoms. The van der Waals surface area contributed by atoms with Crippen LogP contribution in [0.3, 0.4) is 0 Å². The molecule has 0 aliphatic heterocycles. The second-order valence-corrected chi connectivity index (χ2v) is 6.12. The third kappa shape index (κ3) is 4.42. The standard InChI is InChI=1S/C17H15BrN2O5/c1-19(10-11-5-3-4-6-15(11)18)16(21)12-7-13(17(22)25-2)9-14(8-12)20(23)24/h3-9H,10H2,1-2H3. The van der Waals surface area contributed by atoms with Crippen LogP contribution in [0.1, 0.15) is 26.3 Å². The van der Waals surface area contributed by atoms with E-state index in [2.05, 4.69) is 20.7 Å². The number of nitrogens with zero attached hydrogens (tertiary/aromatic N) is 2. The molecule has 25 heavy (non-hydrogen) atoms. The first-order chi connectivity index (χ1) is 11.8. The number of rotatable bonds is 5. The highest BCUT2D eigenvalue weighted by molar-refractivity contribution is 9.10. The summed E-state index contributed by atoms with van der Waals surface area (Å²) in [6.45, 7) is 0.302. The molecule has 7 nitrogen and oxygen atoms in total. The molecule has 0 bridgehead atoms. The summed E-state index contributed by atoms with van der Waals surface area (Å²) in [5.74, 6) is -1.18. The van der Waals surface area contributed by atoms with E-state index in [1.54, 1.807) is 7.05 Å². The molecule has 0 aromatic heterocycles. The Bertz CT molecular complexity index is 838. The van der Waals surface area contributed by atoms with E-state index in [9.17, 15) is 19.7 Å². The third-order valence-corrected chi connectivity index (χ3v) is 4.28. The molecule has 2 aromatic rings. The molecule has 130 valence electrons. The van der Waals surface area contributed by atoms with Crippen molar-refractivity contribution in [3.05, 3.63) is 73.7 Å². The lowest BCUT2D eigenvalue weighted by Gasteiger charge is -2.18. The number of amides is 1. The number of ether oxygens (including phenoxy) is 1. The number of esters is 1. The molecule has 0 spiro atoms. The average molecular weight is 407 g/mol. The van der Waals surface area contributed by atoms with Gasteiger partial charge in [-0.2, -0.15) is 0 Å². The van der Waals surface area contributed by atoms with Crippen LogP contribution < -0.4 is 0 Å². The number of halogens is 1. The monoisotopic (exact) mass is 406 g/mol. The van der Waals surface area contributed by atoms with E-state index in [0.29, 0.717) is 6.54 Å². The van der Waals surface area contributed by atoms with E-state index in [1.807, 2.05) is 24.3 Å². The molecular formula is C17H15BrN2O5. The summed E-state index contributed by atoms with van der Waals surface area (Å²) in [5.41, 5.74) is 0.538. The van der Waals surface area contributed by atoms with Gasteiger partial charge in [0.2, 0.25) is 0 Å². The van der Waals surface area contributed by atoms with Crippen LogP contribution in [0.2, 0.25) is 0 Å². The number of methoxy groups -OCH3 is 1. The fraction of sp³-hybridized carbons (Fsp3) is 0.176. The number of hydrogen-bond acceptors (Lipinski definition) is 5. The lowest BCUT2D eigenvalue weighted by atomic mass is 10.1. The molecule has 0 N–H and O–H groups in total. The summed E-state index contributed by atoms with van der Waals surface area (Å²) >= 11 is 3.41. The van der Waals surface area contributed by atoms with Gasteiger partial charge in [0.1, 0.15) is 0 Å². The van der Waals surface area contributed by atoms with E-state index < -0.39 is 16.8 Å². The fourth-order valence-electron chi connectivity index (χ4n) is 2.25. The number of nitro groups is 1. The minimum absolute atomic E-state index is 0.0455. The zero-order valence-corrected chi connectivity index (χ0v) is 15.1. The molecule has 2 aromatic carbocycles. The van der Waals surface area contributed by atoms with Crippen molar-refractivity contribution in [2.75, 3.05) is 14.2 Å². The van der Waals surface area contributed by atoms with Gasteiger partial charge in [0.15, 0.2) is 0 Å². The highest BCUT2D eigenvalue weighted by Gasteiger charge is 2.20. The van der Waals surface area contributed by atoms with Crippen molar-refractivity contribution < 1.29 is 19.2 Å². The lowest BCUT2D eigenvalue weighted by molar-refractivity contribution is -0.384. The second kappa shape index (κ2) is 7.89. The van der Waals surface area contributed by atoms with Crippen molar-refractivity contribution >= 4 is 33.5 Å². The molecule has 0 unspecified atom stereocenters. The molecule has 0 fully saturated rings. The van der Waals surface area contributed by atoms with Gasteiger partial charge in [0, 0.05) is 35.8 Å². The van der Waals surface area contributed by atoms with E-state index in [1.165, 1.54) is 18.1 Å². The third-order valence-electron chi connectivity index (χ3n) is 3.51. The predicted octanol–water partition coefficient (Wildman–Crippen LogP) is 3.42. The summed E-state index contributed by atoms with van der Waals surface area (Å²) in [5, 5.41) is 11.1. The molecule has 0 heterocycles. The summed E-state index contributed by atoms with van der Waals surface area (Å²) in [6.07, 6.45) is 0. The first kappa shape index (κ1) is 18.6. The van der Waals surface area contributed by atoms with Crippen LogP contribution in [-0.4, -0.2) is 35.9 Å². The Morgan fingerprint density at radius 2 is 1.84 bits per heavy atom. The summed E-state index contributed by atoms with van der Waals surface area (Å²) in [7, 11) is 2.75. The SMILES string of the molecule is COC(=O)c1cc(C(=O)N(C)Cc2ccccc2Br)cc([N+](=O)[O-])c1. The van der Waals surface area contributed by atoms with Gasteiger partial charge >= 0.3 is 5.97 Å². The molecule has 0 aliphatic rings. The van der Waals surface area contributed by atoms with E-state index in [4.69, 9.17) is 0 Å². The van der Waals surface area contributed by atoms with Crippen LogP contribution in [0.15, 0.2) is 46.9 Å². The minimum atomic E-state index is -0.744. The van der Waals surface area contributed by atoms with Gasteiger partial charge < -0.3 is 9.64 Å². The first-order valence-corrected chi connectivity index (χ1v) is 7.99. The van der Waals surface area contributed by atoms with Crippen LogP contribution in [-0.2, 0) is 11.3 Å². The van der Waals surface area contributed by atoms with Gasteiger partial charge in [-0.3, -0.25) is 14.9 Å². The second-order valence-electron chi connectivity index (χ2n) is 5.27. The van der Waals surface area contributed by atoms with Crippen molar-refractivity contribution in [3.63, 3.8) is 0 Å². The van der Waals surface area contributed by atoms with Crippen LogP contribution >= 0.6 is 15.9 Å². The van der Waals surface area contributed by atoms with Crippen molar-refractivity contribution in [2.24, 2.45) is 0 Å². The van der Waals surface area contributed by atoms with Gasteiger partial charge in [0.05, 0.1) is 17.6 Å². The fourth-order valence-corrected chi connectivity index (χ4v) is 2.66. The van der Waals surface area contributed by atoms with Crippen molar-refractivity contribution in [3.8, 4) is 0 Å². The number of nitro benzene ring substituents is 1. The summed E-state index contributed by atoms with van der Waals surface area (Å²) in [4.78, 5) is 36.2. The van der Waals surface area contributed by atoms with Gasteiger partial charge in [-0.05, 0) is 17.7 Å². The Morgan fingerprint density at radius 1 is 1.20 bits per heavy atom. The van der Waals surface area contributed by atoms with Crippen LogP contribution in [0.25, 0.3) is 0 Å². The maximum Gasteiger partial charge on any atom is 0.338 e. The highest BCUT2D eigenvalue weighted by atomic mass is 79.9. The largest absolute Gasteiger partial charge is 0.465 e. The Labute approximate surface area is 152 Å². The van der Waals surface area contributed by atoms with Crippen molar-refractivity contribution in [2.45, 2.75) is 6.54 Å². The van der Waals surface area contributed by atoms with Crippen LogP contribution in [0, 0.1) is 10.1 Å². The maximum absolute atomic E-state index is 12.6. The van der Waals surface area contributed by atoms with Gasteiger partial charge in [-0.25, -0.2) is 4.79 Å². The molecule has 0 radical (unpaired) electrons. The highest BCUT2D eigenvalue weighted by Crippen LogP contribution is 2.21. The molecule has 0 saturated carbocycles. The van der Waals surface area contributed by atoms with E-state index >= 15 is 0 Å². The predicted molar refractivity (Wildman–Crippen MR) is 94.4 cm³/mol. The summed E-state index contributed by atoms with van der Waals surface area (Å²) < 4.78 is 5.44. The smallest absolute Gasteiger partial charge is 0.338 e. The lowest BCUT2D eigenvalue weighted by Crippen LogP contribution is -2.26. The minimum Gasteiger partial charge on any atom is -0.465 e. The molecule has 2 rings (SSSR count). The number of benzene rings is 2. The molecular weight excluding hydrogens is 392 g/mol. The quantitative estimate of drug-likeness (QED) is 0.431. The topological polar surface area (TPSA) is 89.8 Å². The Kier molecular flexibility index (Phi) is 5.87. The Hall–Kier alpha value is -2.74. The number of carbonyl (C=O) groups is 2. The number of non-ortho nitro benzene ring substituents is 1. The zero-order chi connectivity index (χ0) is 18.6. The molecule has 0 aliphatic carbocycles. The molecule has 0 saturated heterocycles. The average Bonchev–Trinajstić information content (AvgIpc) is 2.61. The van der Waals surface area contributed by atoms with Crippen LogP contribution in [0.4, 0.5) is 5.69 Å². The molecule has 0 atom stereocenters. The molecule has 1 amide bonds. The Morgan fingerprint density at radius 3 is 2.44 bits per heavy atom. The van der Waals surface area contributed by atoms with E-state index in [-0.39, 0.29) is 16.8 Å². The van der Waals surface area contributed by atoms with Crippen molar-refractivity contribution in [1.82, 2.24) is 4.90 Å². The Balaban J connectivity index is 2.34. The first-order valence-electron chi connectivity index (χ1n) is 7.20. The number of hydrogen-bond donors (Lipinski definition) is 0. The van der Waals surface area contributed by atoms with E-state index in [0.717, 1.165) is 22.2 Å². The summed E-state index contributed by atoms with van der Waals surface area (Å²) in [6, 6.07) is 10.9. The number of carbonyl (C=O) groups excluding carboxylic acids is 2.